The largest absolute Gasteiger partial charge is 0.468 e. The fraction of sp³-hybridized carbons (Fsp3) is 0.125. The Morgan fingerprint density at radius 1 is 1.42 bits per heavy atom. The molecule has 0 aliphatic heterocycles. The van der Waals surface area contributed by atoms with E-state index in [2.05, 4.69) is 0 Å². The van der Waals surface area contributed by atoms with Crippen LogP contribution in [0.4, 0.5) is 0 Å². The molecule has 1 rings (SSSR count). The van der Waals surface area contributed by atoms with Crippen LogP contribution in [0.15, 0.2) is 24.3 Å². The van der Waals surface area contributed by atoms with Crippen molar-refractivity contribution in [2.75, 3.05) is 6.79 Å². The summed E-state index contributed by atoms with van der Waals surface area (Å²) in [5.41, 5.74) is 0.405. The van der Waals surface area contributed by atoms with Crippen molar-refractivity contribution in [1.82, 2.24) is 0 Å². The third-order valence-corrected chi connectivity index (χ3v) is 1.53. The Labute approximate surface area is 74.5 Å². The molecule has 12 heavy (non-hydrogen) atoms. The summed E-state index contributed by atoms with van der Waals surface area (Å²) in [6.45, 7) is -0.381. The molecule has 3 nitrogen and oxygen atoms in total. The molecule has 0 amide bonds. The predicted molar refractivity (Wildman–Crippen MR) is 44.3 cm³/mol. The Hall–Kier alpha value is -1.06. The highest BCUT2D eigenvalue weighted by Crippen LogP contribution is 2.12. The van der Waals surface area contributed by atoms with E-state index in [0.717, 1.165) is 0 Å². The third kappa shape index (κ3) is 2.22. The van der Waals surface area contributed by atoms with E-state index < -0.39 is 5.24 Å². The number of rotatable bonds is 3. The highest BCUT2D eigenvalue weighted by molar-refractivity contribution is 6.67. The van der Waals surface area contributed by atoms with E-state index in [1.807, 2.05) is 0 Å². The van der Waals surface area contributed by atoms with Crippen LogP contribution in [0.1, 0.15) is 10.4 Å². The van der Waals surface area contributed by atoms with Crippen molar-refractivity contribution in [3.63, 3.8) is 0 Å². The zero-order valence-corrected chi connectivity index (χ0v) is 6.91. The van der Waals surface area contributed by atoms with Crippen LogP contribution in [-0.2, 0) is 0 Å². The van der Waals surface area contributed by atoms with Gasteiger partial charge in [0.2, 0.25) is 0 Å². The number of halogens is 1. The van der Waals surface area contributed by atoms with E-state index in [9.17, 15) is 4.79 Å². The van der Waals surface area contributed by atoms with Crippen molar-refractivity contribution in [3.8, 4) is 5.75 Å². The van der Waals surface area contributed by atoms with Crippen LogP contribution in [-0.4, -0.2) is 17.1 Å². The maximum absolute atomic E-state index is 10.6. The molecule has 0 saturated carbocycles. The van der Waals surface area contributed by atoms with Crippen LogP contribution in [0, 0.1) is 0 Å². The van der Waals surface area contributed by atoms with Gasteiger partial charge in [-0.05, 0) is 35.9 Å². The maximum Gasteiger partial charge on any atom is 0.252 e. The minimum absolute atomic E-state index is 0.381. The second-order valence-electron chi connectivity index (χ2n) is 2.07. The van der Waals surface area contributed by atoms with E-state index >= 15 is 0 Å². The molecule has 0 radical (unpaired) electrons. The van der Waals surface area contributed by atoms with Gasteiger partial charge in [0.1, 0.15) is 5.75 Å². The van der Waals surface area contributed by atoms with Crippen molar-refractivity contribution < 1.29 is 14.6 Å². The second kappa shape index (κ2) is 4.09. The lowest BCUT2D eigenvalue weighted by molar-refractivity contribution is 0.0985. The van der Waals surface area contributed by atoms with Gasteiger partial charge in [0, 0.05) is 5.56 Å². The lowest BCUT2D eigenvalue weighted by Gasteiger charge is -2.00. The van der Waals surface area contributed by atoms with Crippen molar-refractivity contribution in [1.29, 1.82) is 0 Å². The Balaban J connectivity index is 2.78. The summed E-state index contributed by atoms with van der Waals surface area (Å²) in [5.74, 6) is 0.499. The monoisotopic (exact) mass is 186 g/mol. The topological polar surface area (TPSA) is 46.5 Å². The van der Waals surface area contributed by atoms with E-state index in [-0.39, 0.29) is 6.79 Å². The van der Waals surface area contributed by atoms with Crippen LogP contribution in [0.25, 0.3) is 0 Å². The highest BCUT2D eigenvalue weighted by atomic mass is 35.5. The molecule has 1 aromatic rings. The molecule has 0 fully saturated rings. The molecule has 1 N–H and O–H groups in total. The van der Waals surface area contributed by atoms with Crippen molar-refractivity contribution in [2.45, 2.75) is 0 Å². The summed E-state index contributed by atoms with van der Waals surface area (Å²) in [5, 5.41) is 7.87. The normalized spacial score (nSPS) is 9.50. The Morgan fingerprint density at radius 2 is 2.00 bits per heavy atom. The first-order valence-electron chi connectivity index (χ1n) is 3.27. The standard InChI is InChI=1S/C8H7ClO3/c9-8(11)6-1-3-7(4-2-6)12-5-10/h1-4,10H,5H2. The molecule has 1 aromatic carbocycles. The first-order chi connectivity index (χ1) is 5.74. The van der Waals surface area contributed by atoms with Crippen LogP contribution in [0.3, 0.4) is 0 Å². The average molecular weight is 187 g/mol. The van der Waals surface area contributed by atoms with Gasteiger partial charge in [-0.25, -0.2) is 0 Å². The van der Waals surface area contributed by atoms with E-state index in [4.69, 9.17) is 21.4 Å². The van der Waals surface area contributed by atoms with Crippen LogP contribution in [0.5, 0.6) is 5.75 Å². The van der Waals surface area contributed by atoms with E-state index in [0.29, 0.717) is 11.3 Å². The fourth-order valence-corrected chi connectivity index (χ4v) is 0.883. The Morgan fingerprint density at radius 3 is 2.42 bits per heavy atom. The molecular weight excluding hydrogens is 180 g/mol. The summed E-state index contributed by atoms with van der Waals surface area (Å²) < 4.78 is 4.74. The van der Waals surface area contributed by atoms with E-state index in [1.54, 1.807) is 12.1 Å². The summed E-state index contributed by atoms with van der Waals surface area (Å²) in [7, 11) is 0. The van der Waals surface area contributed by atoms with Gasteiger partial charge in [0.25, 0.3) is 5.24 Å². The number of carbonyl (C=O) groups is 1. The smallest absolute Gasteiger partial charge is 0.252 e. The minimum atomic E-state index is -0.509. The summed E-state index contributed by atoms with van der Waals surface area (Å²) in [4.78, 5) is 10.6. The maximum atomic E-state index is 10.6. The SMILES string of the molecule is O=C(Cl)c1ccc(OCO)cc1. The van der Waals surface area contributed by atoms with Gasteiger partial charge in [0.15, 0.2) is 6.79 Å². The second-order valence-corrected chi connectivity index (χ2v) is 2.41. The van der Waals surface area contributed by atoms with Crippen molar-refractivity contribution >= 4 is 16.8 Å². The third-order valence-electron chi connectivity index (χ3n) is 1.31. The average Bonchev–Trinajstić information content (AvgIpc) is 2.06. The summed E-state index contributed by atoms with van der Waals surface area (Å²) in [6, 6.07) is 6.18. The van der Waals surface area contributed by atoms with Gasteiger partial charge in [-0.15, -0.1) is 0 Å². The molecule has 0 heterocycles. The number of aliphatic hydroxyl groups excluding tert-OH is 1. The fourth-order valence-electron chi connectivity index (χ4n) is 0.757. The molecule has 0 unspecified atom stereocenters. The molecular formula is C8H7ClO3. The number of aliphatic hydroxyl groups is 1. The number of carbonyl (C=O) groups excluding carboxylic acids is 1. The number of hydrogen-bond donors (Lipinski definition) is 1. The molecule has 0 aliphatic rings. The molecule has 0 bridgehead atoms. The van der Waals surface area contributed by atoms with Crippen molar-refractivity contribution in [2.24, 2.45) is 0 Å². The van der Waals surface area contributed by atoms with Gasteiger partial charge in [-0.2, -0.15) is 0 Å². The lowest BCUT2D eigenvalue weighted by Crippen LogP contribution is -1.95. The summed E-state index contributed by atoms with van der Waals surface area (Å²) >= 11 is 5.20. The molecule has 0 aliphatic carbocycles. The molecule has 0 atom stereocenters. The predicted octanol–water partition coefficient (Wildman–Crippen LogP) is 1.39. The lowest BCUT2D eigenvalue weighted by atomic mass is 10.2. The molecule has 4 heteroatoms. The zero-order chi connectivity index (χ0) is 8.97. The van der Waals surface area contributed by atoms with Gasteiger partial charge in [-0.3, -0.25) is 4.79 Å². The van der Waals surface area contributed by atoms with Crippen LogP contribution < -0.4 is 4.74 Å². The number of hydrogen-bond acceptors (Lipinski definition) is 3. The number of ether oxygens (including phenoxy) is 1. The van der Waals surface area contributed by atoms with Gasteiger partial charge in [-0.1, -0.05) is 0 Å². The first-order valence-corrected chi connectivity index (χ1v) is 3.65. The van der Waals surface area contributed by atoms with Crippen LogP contribution >= 0.6 is 11.6 Å². The molecule has 0 saturated heterocycles. The van der Waals surface area contributed by atoms with Gasteiger partial charge < -0.3 is 9.84 Å². The van der Waals surface area contributed by atoms with Gasteiger partial charge in [0.05, 0.1) is 0 Å². The van der Waals surface area contributed by atoms with Crippen LogP contribution in [0.2, 0.25) is 0 Å². The number of benzene rings is 1. The quantitative estimate of drug-likeness (QED) is 0.573. The van der Waals surface area contributed by atoms with Crippen molar-refractivity contribution in [3.05, 3.63) is 29.8 Å². The van der Waals surface area contributed by atoms with Gasteiger partial charge >= 0.3 is 0 Å². The first kappa shape index (κ1) is 9.03. The Kier molecular flexibility index (Phi) is 3.08. The molecule has 0 aromatic heterocycles. The molecule has 0 spiro atoms. The minimum Gasteiger partial charge on any atom is -0.468 e. The van der Waals surface area contributed by atoms with E-state index in [1.165, 1.54) is 12.1 Å². The molecule has 64 valence electrons. The Bertz CT molecular complexity index is 268. The highest BCUT2D eigenvalue weighted by Gasteiger charge is 2.00. The zero-order valence-electron chi connectivity index (χ0n) is 6.16. The summed E-state index contributed by atoms with van der Waals surface area (Å²) in [6.07, 6.45) is 0.